The number of nitrogens with zero attached hydrogens (tertiary/aromatic N) is 4. The van der Waals surface area contributed by atoms with Crippen molar-refractivity contribution in [3.8, 4) is 0 Å². The largest absolute Gasteiger partial charge is 0.431 e. The van der Waals surface area contributed by atoms with E-state index in [1.54, 1.807) is 0 Å². The Balaban J connectivity index is 1.42. The smallest absolute Gasteiger partial charge is 0.273 e. The quantitative estimate of drug-likeness (QED) is 0.320. The molecule has 1 amide bonds. The highest BCUT2D eigenvalue weighted by Crippen LogP contribution is 2.28. The minimum atomic E-state index is -0.0412. The molecule has 2 heterocycles. The lowest BCUT2D eigenvalue weighted by Gasteiger charge is -2.24. The summed E-state index contributed by atoms with van der Waals surface area (Å²) in [5.41, 5.74) is 4.40. The zero-order chi connectivity index (χ0) is 22.5. The van der Waals surface area contributed by atoms with Crippen LogP contribution in [-0.4, -0.2) is 52.9 Å². The summed E-state index contributed by atoms with van der Waals surface area (Å²) in [6.07, 6.45) is 0. The van der Waals surface area contributed by atoms with Crippen LogP contribution in [0.3, 0.4) is 0 Å². The summed E-state index contributed by atoms with van der Waals surface area (Å²) in [6, 6.07) is 16.0. The maximum absolute atomic E-state index is 13.2. The molecule has 0 aliphatic heterocycles. The number of carbonyl (C=O) groups is 1. The average molecular weight is 467 g/mol. The number of fused-ring (bicyclic) bond motifs is 1. The van der Waals surface area contributed by atoms with E-state index in [2.05, 4.69) is 14.9 Å². The van der Waals surface area contributed by atoms with Crippen molar-refractivity contribution >= 4 is 40.1 Å². The van der Waals surface area contributed by atoms with Crippen molar-refractivity contribution in [3.63, 3.8) is 0 Å². The number of carbonyl (C=O) groups excluding carboxylic acids is 1. The molecular weight excluding hydrogens is 440 g/mol. The van der Waals surface area contributed by atoms with Gasteiger partial charge in [0.2, 0.25) is 0 Å². The maximum Gasteiger partial charge on any atom is 0.273 e. The molecule has 0 aliphatic carbocycles. The Morgan fingerprint density at radius 2 is 1.91 bits per heavy atom. The number of aryl methyl sites for hydroxylation is 1. The third-order valence-corrected chi connectivity index (χ3v) is 6.80. The molecule has 0 N–H and O–H groups in total. The maximum atomic E-state index is 13.2. The number of aromatic nitrogens is 2. The standard InChI is InChI=1S/C24H26N4O2S2/c1-17-9-10-21-19(13-17)26-24(30-21)32-16-22-25-20(15-31-22)23(29)28(12-11-27(2)3)14-18-7-5-4-6-8-18/h4-10,13,15H,11-12,14,16H2,1-3H3. The van der Waals surface area contributed by atoms with Gasteiger partial charge < -0.3 is 14.2 Å². The molecule has 0 unspecified atom stereocenters. The Bertz CT molecular complexity index is 1190. The van der Waals surface area contributed by atoms with Crippen molar-refractivity contribution in [2.45, 2.75) is 24.4 Å². The summed E-state index contributed by atoms with van der Waals surface area (Å²) in [6.45, 7) is 4.04. The van der Waals surface area contributed by atoms with Crippen molar-refractivity contribution in [1.82, 2.24) is 19.8 Å². The summed E-state index contributed by atoms with van der Waals surface area (Å²) >= 11 is 2.99. The predicted octanol–water partition coefficient (Wildman–Crippen LogP) is 5.09. The Kier molecular flexibility index (Phi) is 7.24. The first kappa shape index (κ1) is 22.5. The van der Waals surface area contributed by atoms with Crippen molar-refractivity contribution in [2.24, 2.45) is 0 Å². The van der Waals surface area contributed by atoms with Gasteiger partial charge in [-0.25, -0.2) is 9.97 Å². The number of oxazole rings is 1. The van der Waals surface area contributed by atoms with E-state index in [4.69, 9.17) is 4.42 Å². The highest BCUT2D eigenvalue weighted by molar-refractivity contribution is 7.98. The second-order valence-corrected chi connectivity index (χ2v) is 9.75. The van der Waals surface area contributed by atoms with E-state index in [-0.39, 0.29) is 5.91 Å². The van der Waals surface area contributed by atoms with Crippen molar-refractivity contribution < 1.29 is 9.21 Å². The van der Waals surface area contributed by atoms with Gasteiger partial charge in [-0.3, -0.25) is 4.79 Å². The molecule has 0 atom stereocenters. The summed E-state index contributed by atoms with van der Waals surface area (Å²) in [5, 5.41) is 3.34. The van der Waals surface area contributed by atoms with Crippen LogP contribution < -0.4 is 0 Å². The van der Waals surface area contributed by atoms with Gasteiger partial charge in [-0.2, -0.15) is 0 Å². The molecule has 2 aromatic carbocycles. The van der Waals surface area contributed by atoms with Crippen LogP contribution in [0.1, 0.15) is 26.6 Å². The van der Waals surface area contributed by atoms with E-state index in [9.17, 15) is 4.79 Å². The van der Waals surface area contributed by atoms with Gasteiger partial charge in [0.15, 0.2) is 5.58 Å². The van der Waals surface area contributed by atoms with Crippen LogP contribution in [0.15, 0.2) is 63.6 Å². The summed E-state index contributed by atoms with van der Waals surface area (Å²) in [4.78, 5) is 26.3. The number of likely N-dealkylation sites (N-methyl/N-ethyl adjacent to an activating group) is 1. The van der Waals surface area contributed by atoms with Crippen LogP contribution in [0, 0.1) is 6.92 Å². The van der Waals surface area contributed by atoms with Crippen molar-refractivity contribution in [1.29, 1.82) is 0 Å². The first-order chi connectivity index (χ1) is 15.5. The fourth-order valence-electron chi connectivity index (χ4n) is 3.22. The third kappa shape index (κ3) is 5.76. The van der Waals surface area contributed by atoms with Gasteiger partial charge in [0.05, 0.1) is 5.75 Å². The SMILES string of the molecule is Cc1ccc2oc(SCc3nc(C(=O)N(CCN(C)C)Cc4ccccc4)cs3)nc2c1. The molecule has 0 spiro atoms. The molecule has 32 heavy (non-hydrogen) atoms. The fourth-order valence-corrected chi connectivity index (χ4v) is 4.84. The zero-order valence-electron chi connectivity index (χ0n) is 18.4. The van der Waals surface area contributed by atoms with Crippen LogP contribution in [0.25, 0.3) is 11.1 Å². The highest BCUT2D eigenvalue weighted by Gasteiger charge is 2.20. The van der Waals surface area contributed by atoms with Crippen LogP contribution >= 0.6 is 23.1 Å². The molecule has 0 aliphatic rings. The van der Waals surface area contributed by atoms with E-state index in [0.717, 1.165) is 33.8 Å². The number of hydrogen-bond acceptors (Lipinski definition) is 7. The molecule has 0 fully saturated rings. The molecule has 8 heteroatoms. The minimum Gasteiger partial charge on any atom is -0.431 e. The molecule has 0 bridgehead atoms. The van der Waals surface area contributed by atoms with Gasteiger partial charge in [-0.05, 0) is 44.3 Å². The molecule has 0 radical (unpaired) electrons. The number of thiazole rings is 1. The molecule has 6 nitrogen and oxygen atoms in total. The number of amides is 1. The van der Waals surface area contributed by atoms with Crippen LogP contribution in [0.5, 0.6) is 0 Å². The molecule has 0 saturated carbocycles. The Morgan fingerprint density at radius 3 is 2.69 bits per heavy atom. The second kappa shape index (κ2) is 10.3. The molecule has 4 aromatic rings. The Hall–Kier alpha value is -2.68. The topological polar surface area (TPSA) is 62.5 Å². The highest BCUT2D eigenvalue weighted by atomic mass is 32.2. The van der Waals surface area contributed by atoms with Gasteiger partial charge >= 0.3 is 0 Å². The van der Waals surface area contributed by atoms with Crippen LogP contribution in [-0.2, 0) is 12.3 Å². The van der Waals surface area contributed by atoms with E-state index < -0.39 is 0 Å². The van der Waals surface area contributed by atoms with Crippen molar-refractivity contribution in [2.75, 3.05) is 27.2 Å². The summed E-state index contributed by atoms with van der Waals surface area (Å²) in [5.74, 6) is 0.570. The van der Waals surface area contributed by atoms with E-state index >= 15 is 0 Å². The molecule has 2 aromatic heterocycles. The normalized spacial score (nSPS) is 11.4. The lowest BCUT2D eigenvalue weighted by molar-refractivity contribution is 0.0726. The predicted molar refractivity (Wildman–Crippen MR) is 130 cm³/mol. The minimum absolute atomic E-state index is 0.0412. The lowest BCUT2D eigenvalue weighted by Crippen LogP contribution is -2.36. The van der Waals surface area contributed by atoms with E-state index in [0.29, 0.717) is 29.8 Å². The first-order valence-electron chi connectivity index (χ1n) is 10.4. The lowest BCUT2D eigenvalue weighted by atomic mass is 10.2. The van der Waals surface area contributed by atoms with Gasteiger partial charge in [-0.15, -0.1) is 11.3 Å². The third-order valence-electron chi connectivity index (χ3n) is 4.93. The molecule has 0 saturated heterocycles. The average Bonchev–Trinajstić information content (AvgIpc) is 3.41. The van der Waals surface area contributed by atoms with E-state index in [1.165, 1.54) is 23.1 Å². The Morgan fingerprint density at radius 1 is 1.09 bits per heavy atom. The molecule has 166 valence electrons. The van der Waals surface area contributed by atoms with E-state index in [1.807, 2.05) is 79.8 Å². The zero-order valence-corrected chi connectivity index (χ0v) is 20.1. The van der Waals surface area contributed by atoms with Gasteiger partial charge in [0.25, 0.3) is 11.1 Å². The Labute approximate surface area is 196 Å². The number of rotatable bonds is 9. The van der Waals surface area contributed by atoms with Gasteiger partial charge in [0.1, 0.15) is 16.2 Å². The first-order valence-corrected chi connectivity index (χ1v) is 12.3. The monoisotopic (exact) mass is 466 g/mol. The molecule has 4 rings (SSSR count). The second-order valence-electron chi connectivity index (χ2n) is 7.88. The van der Waals surface area contributed by atoms with Crippen molar-refractivity contribution in [3.05, 3.63) is 75.7 Å². The summed E-state index contributed by atoms with van der Waals surface area (Å²) in [7, 11) is 4.02. The molecular formula is C24H26N4O2S2. The van der Waals surface area contributed by atoms with Crippen LogP contribution in [0.2, 0.25) is 0 Å². The summed E-state index contributed by atoms with van der Waals surface area (Å²) < 4.78 is 5.81. The van der Waals surface area contributed by atoms with Crippen LogP contribution in [0.4, 0.5) is 0 Å². The number of benzene rings is 2. The number of hydrogen-bond donors (Lipinski definition) is 0. The van der Waals surface area contributed by atoms with Gasteiger partial charge in [0, 0.05) is 25.0 Å². The fraction of sp³-hybridized carbons (Fsp3) is 0.292. The van der Waals surface area contributed by atoms with Gasteiger partial charge in [-0.1, -0.05) is 48.2 Å². The number of thioether (sulfide) groups is 1.